The summed E-state index contributed by atoms with van der Waals surface area (Å²) >= 11 is 3.99. The largest absolute Gasteiger partial charge is 0.484 e. The van der Waals surface area contributed by atoms with Gasteiger partial charge in [-0.05, 0) is 54.7 Å². The standard InChI is InChI=1S/C21H23N3O2S2/c1-2-24-18-7-4-3-6-17(18)22-21(24)23-19(25)14-26-16-10-8-15(9-11-16)20-27-12-5-13-28-20/h3-4,6-11,20H,2,5,12-14H2,1H3,(H,22,23,25). The molecule has 0 unspecified atom stereocenters. The minimum absolute atomic E-state index is 0.0425. The number of carbonyl (C=O) groups is 1. The topological polar surface area (TPSA) is 56.2 Å². The molecule has 3 aromatic rings. The third-order valence-corrected chi connectivity index (χ3v) is 7.59. The molecule has 1 amide bonds. The van der Waals surface area contributed by atoms with Crippen molar-refractivity contribution in [2.24, 2.45) is 0 Å². The highest BCUT2D eigenvalue weighted by molar-refractivity contribution is 8.16. The lowest BCUT2D eigenvalue weighted by Crippen LogP contribution is -2.22. The molecule has 1 aliphatic heterocycles. The lowest BCUT2D eigenvalue weighted by molar-refractivity contribution is -0.118. The van der Waals surface area contributed by atoms with Gasteiger partial charge < -0.3 is 9.30 Å². The fraction of sp³-hybridized carbons (Fsp3) is 0.333. The van der Waals surface area contributed by atoms with E-state index >= 15 is 0 Å². The molecule has 1 fully saturated rings. The molecule has 7 heteroatoms. The van der Waals surface area contributed by atoms with Gasteiger partial charge in [-0.25, -0.2) is 4.98 Å². The monoisotopic (exact) mass is 413 g/mol. The van der Waals surface area contributed by atoms with Crippen LogP contribution in [-0.2, 0) is 11.3 Å². The van der Waals surface area contributed by atoms with Gasteiger partial charge in [-0.3, -0.25) is 10.1 Å². The van der Waals surface area contributed by atoms with Gasteiger partial charge >= 0.3 is 0 Å². The molecule has 0 radical (unpaired) electrons. The SMILES string of the molecule is CCn1c(NC(=O)COc2ccc(C3SCCCS3)cc2)nc2ccccc21. The summed E-state index contributed by atoms with van der Waals surface area (Å²) in [5, 5.41) is 2.87. The van der Waals surface area contributed by atoms with Crippen LogP contribution in [0.15, 0.2) is 48.5 Å². The number of benzene rings is 2. The smallest absolute Gasteiger partial charge is 0.264 e. The van der Waals surface area contributed by atoms with E-state index in [0.29, 0.717) is 16.3 Å². The first-order chi connectivity index (χ1) is 13.7. The Labute approximate surface area is 173 Å². The van der Waals surface area contributed by atoms with Crippen LogP contribution >= 0.6 is 23.5 Å². The molecule has 0 spiro atoms. The Balaban J connectivity index is 1.35. The normalized spacial score (nSPS) is 14.9. The highest BCUT2D eigenvalue weighted by Gasteiger charge is 2.17. The summed E-state index contributed by atoms with van der Waals surface area (Å²) in [6.45, 7) is 2.72. The van der Waals surface area contributed by atoms with Gasteiger partial charge in [0.25, 0.3) is 5.91 Å². The van der Waals surface area contributed by atoms with Gasteiger partial charge in [0.1, 0.15) is 5.75 Å². The van der Waals surface area contributed by atoms with Gasteiger partial charge in [0.2, 0.25) is 5.95 Å². The maximum Gasteiger partial charge on any atom is 0.264 e. The number of para-hydroxylation sites is 2. The van der Waals surface area contributed by atoms with Crippen molar-refractivity contribution in [3.8, 4) is 5.75 Å². The molecular formula is C21H23N3O2S2. The van der Waals surface area contributed by atoms with E-state index in [2.05, 4.69) is 22.4 Å². The molecule has 4 rings (SSSR count). The molecule has 0 saturated carbocycles. The number of anilines is 1. The first kappa shape index (κ1) is 19.2. The van der Waals surface area contributed by atoms with Crippen molar-refractivity contribution < 1.29 is 9.53 Å². The number of thioether (sulfide) groups is 2. The van der Waals surface area contributed by atoms with E-state index in [9.17, 15) is 4.79 Å². The van der Waals surface area contributed by atoms with E-state index in [1.54, 1.807) is 0 Å². The number of hydrogen-bond donors (Lipinski definition) is 1. The molecule has 5 nitrogen and oxygen atoms in total. The van der Waals surface area contributed by atoms with Crippen molar-refractivity contribution in [3.05, 3.63) is 54.1 Å². The van der Waals surface area contributed by atoms with E-state index in [-0.39, 0.29) is 12.5 Å². The number of imidazole rings is 1. The number of hydrogen-bond acceptors (Lipinski definition) is 5. The van der Waals surface area contributed by atoms with Gasteiger partial charge in [0, 0.05) is 6.54 Å². The van der Waals surface area contributed by atoms with Crippen LogP contribution in [0.25, 0.3) is 11.0 Å². The van der Waals surface area contributed by atoms with Gasteiger partial charge in [-0.2, -0.15) is 0 Å². The van der Waals surface area contributed by atoms with Crippen LogP contribution in [0.1, 0.15) is 23.5 Å². The maximum absolute atomic E-state index is 12.3. The van der Waals surface area contributed by atoms with Crippen LogP contribution in [0.2, 0.25) is 0 Å². The molecule has 146 valence electrons. The maximum atomic E-state index is 12.3. The summed E-state index contributed by atoms with van der Waals surface area (Å²) in [6.07, 6.45) is 1.29. The lowest BCUT2D eigenvalue weighted by Gasteiger charge is -2.21. The molecule has 2 aromatic carbocycles. The first-order valence-electron chi connectivity index (χ1n) is 9.45. The van der Waals surface area contributed by atoms with E-state index in [1.165, 1.54) is 23.5 Å². The molecule has 2 heterocycles. The number of nitrogens with one attached hydrogen (secondary N) is 1. The van der Waals surface area contributed by atoms with Gasteiger partial charge in [-0.1, -0.05) is 24.3 Å². The van der Waals surface area contributed by atoms with Crippen molar-refractivity contribution in [3.63, 3.8) is 0 Å². The van der Waals surface area contributed by atoms with Crippen molar-refractivity contribution >= 4 is 46.4 Å². The highest BCUT2D eigenvalue weighted by atomic mass is 32.2. The van der Waals surface area contributed by atoms with Crippen molar-refractivity contribution in [1.82, 2.24) is 9.55 Å². The molecule has 1 aliphatic rings. The second kappa shape index (κ2) is 8.92. The number of rotatable bonds is 6. The quantitative estimate of drug-likeness (QED) is 0.620. The summed E-state index contributed by atoms with van der Waals surface area (Å²) < 4.78 is 8.16. The molecule has 1 aromatic heterocycles. The number of aromatic nitrogens is 2. The highest BCUT2D eigenvalue weighted by Crippen LogP contribution is 2.43. The van der Waals surface area contributed by atoms with Gasteiger partial charge in [0.15, 0.2) is 6.61 Å². The lowest BCUT2D eigenvalue weighted by atomic mass is 10.2. The molecule has 0 atom stereocenters. The zero-order valence-electron chi connectivity index (χ0n) is 15.8. The molecular weight excluding hydrogens is 390 g/mol. The Hall–Kier alpha value is -2.12. The molecule has 0 bridgehead atoms. The predicted octanol–water partition coefficient (Wildman–Crippen LogP) is 4.94. The molecule has 1 N–H and O–H groups in total. The fourth-order valence-corrected chi connectivity index (χ4v) is 6.10. The van der Waals surface area contributed by atoms with Crippen LogP contribution in [0.4, 0.5) is 5.95 Å². The van der Waals surface area contributed by atoms with E-state index in [1.807, 2.05) is 71.4 Å². The zero-order valence-corrected chi connectivity index (χ0v) is 17.4. The minimum Gasteiger partial charge on any atom is -0.484 e. The summed E-state index contributed by atoms with van der Waals surface area (Å²) in [7, 11) is 0. The average molecular weight is 414 g/mol. The third kappa shape index (κ3) is 4.31. The van der Waals surface area contributed by atoms with E-state index in [4.69, 9.17) is 4.74 Å². The fourth-order valence-electron chi connectivity index (χ4n) is 3.20. The summed E-state index contributed by atoms with van der Waals surface area (Å²) in [4.78, 5) is 16.9. The van der Waals surface area contributed by atoms with Crippen LogP contribution in [0.5, 0.6) is 5.75 Å². The number of ether oxygens (including phenoxy) is 1. The number of carbonyl (C=O) groups excluding carboxylic acids is 1. The van der Waals surface area contributed by atoms with Crippen molar-refractivity contribution in [2.45, 2.75) is 24.5 Å². The average Bonchev–Trinajstić information content (AvgIpc) is 3.10. The summed E-state index contributed by atoms with van der Waals surface area (Å²) in [5.74, 6) is 3.48. The van der Waals surface area contributed by atoms with Crippen LogP contribution in [-0.4, -0.2) is 33.6 Å². The Bertz CT molecular complexity index is 950. The van der Waals surface area contributed by atoms with E-state index < -0.39 is 0 Å². The van der Waals surface area contributed by atoms with Gasteiger partial charge in [-0.15, -0.1) is 23.5 Å². The number of fused-ring (bicyclic) bond motifs is 1. The predicted molar refractivity (Wildman–Crippen MR) is 118 cm³/mol. The van der Waals surface area contributed by atoms with Crippen molar-refractivity contribution in [1.29, 1.82) is 0 Å². The zero-order chi connectivity index (χ0) is 19.3. The number of amides is 1. The third-order valence-electron chi connectivity index (χ3n) is 4.57. The van der Waals surface area contributed by atoms with Gasteiger partial charge in [0.05, 0.1) is 15.6 Å². The van der Waals surface area contributed by atoms with Crippen molar-refractivity contribution in [2.75, 3.05) is 23.4 Å². The van der Waals surface area contributed by atoms with Crippen LogP contribution in [0, 0.1) is 0 Å². The molecule has 1 saturated heterocycles. The molecule has 28 heavy (non-hydrogen) atoms. The number of aryl methyl sites for hydroxylation is 1. The summed E-state index contributed by atoms with van der Waals surface area (Å²) in [6, 6.07) is 15.9. The number of nitrogens with zero attached hydrogens (tertiary/aromatic N) is 2. The first-order valence-corrected chi connectivity index (χ1v) is 11.6. The van der Waals surface area contributed by atoms with Crippen LogP contribution in [0.3, 0.4) is 0 Å². The Morgan fingerprint density at radius 3 is 2.68 bits per heavy atom. The van der Waals surface area contributed by atoms with Crippen LogP contribution < -0.4 is 10.1 Å². The second-order valence-electron chi connectivity index (χ2n) is 6.50. The van der Waals surface area contributed by atoms with E-state index in [0.717, 1.165) is 17.6 Å². The second-order valence-corrected chi connectivity index (χ2v) is 9.23. The molecule has 0 aliphatic carbocycles. The minimum atomic E-state index is -0.215. The summed E-state index contributed by atoms with van der Waals surface area (Å²) in [5.41, 5.74) is 3.19. The Kier molecular flexibility index (Phi) is 6.12. The Morgan fingerprint density at radius 2 is 1.93 bits per heavy atom. The Morgan fingerprint density at radius 1 is 1.18 bits per heavy atom.